The van der Waals surface area contributed by atoms with Gasteiger partial charge < -0.3 is 44.7 Å². The van der Waals surface area contributed by atoms with Gasteiger partial charge in [-0.1, -0.05) is 0 Å². The molecule has 0 aromatic carbocycles. The standard InChI is InChI=1S/C15H27NO9/c1-6-10(16-7(2)18)14(12(20)8(4-17)24-6)25-15-13(21)11(19)9(22-3)5-23-15/h6,8-15,17,19-21H,4-5H2,1-3H3,(H,16,18)/t6-,8?,9+,10?,11-,12+,13?,14+,15-/m0/s1. The maximum atomic E-state index is 11.5. The first-order chi connectivity index (χ1) is 11.8. The highest BCUT2D eigenvalue weighted by molar-refractivity contribution is 5.73. The molecular formula is C15H27NO9. The van der Waals surface area contributed by atoms with Crippen molar-refractivity contribution in [2.45, 2.75) is 68.9 Å². The molecule has 0 radical (unpaired) electrons. The molecular weight excluding hydrogens is 338 g/mol. The highest BCUT2D eigenvalue weighted by Crippen LogP contribution is 2.27. The van der Waals surface area contributed by atoms with Gasteiger partial charge in [-0.2, -0.15) is 0 Å². The van der Waals surface area contributed by atoms with Crippen LogP contribution < -0.4 is 5.32 Å². The van der Waals surface area contributed by atoms with Crippen LogP contribution in [-0.2, 0) is 23.7 Å². The number of carbonyl (C=O) groups is 1. The van der Waals surface area contributed by atoms with Gasteiger partial charge >= 0.3 is 0 Å². The number of hydrogen-bond acceptors (Lipinski definition) is 9. The molecule has 9 atom stereocenters. The van der Waals surface area contributed by atoms with E-state index in [0.29, 0.717) is 0 Å². The lowest BCUT2D eigenvalue weighted by molar-refractivity contribution is -0.312. The molecule has 3 unspecified atom stereocenters. The molecule has 0 aromatic rings. The van der Waals surface area contributed by atoms with E-state index in [1.807, 2.05) is 0 Å². The number of aliphatic hydroxyl groups is 4. The fourth-order valence-electron chi connectivity index (χ4n) is 3.13. The maximum Gasteiger partial charge on any atom is 0.217 e. The summed E-state index contributed by atoms with van der Waals surface area (Å²) in [6.45, 7) is 2.52. The van der Waals surface area contributed by atoms with E-state index in [4.69, 9.17) is 18.9 Å². The molecule has 2 rings (SSSR count). The molecule has 10 nitrogen and oxygen atoms in total. The van der Waals surface area contributed by atoms with Crippen LogP contribution in [0.25, 0.3) is 0 Å². The van der Waals surface area contributed by atoms with Crippen LogP contribution in [-0.4, -0.2) is 102 Å². The summed E-state index contributed by atoms with van der Waals surface area (Å²) in [6.07, 6.45) is -8.34. The number of rotatable bonds is 5. The van der Waals surface area contributed by atoms with Gasteiger partial charge in [-0.15, -0.1) is 0 Å². The van der Waals surface area contributed by atoms with Gasteiger partial charge in [0.15, 0.2) is 6.29 Å². The van der Waals surface area contributed by atoms with Gasteiger partial charge in [-0.05, 0) is 6.92 Å². The zero-order valence-electron chi connectivity index (χ0n) is 14.4. The molecule has 25 heavy (non-hydrogen) atoms. The highest BCUT2D eigenvalue weighted by Gasteiger charge is 2.48. The summed E-state index contributed by atoms with van der Waals surface area (Å²) in [5.41, 5.74) is 0. The van der Waals surface area contributed by atoms with Crippen molar-refractivity contribution in [3.05, 3.63) is 0 Å². The van der Waals surface area contributed by atoms with Gasteiger partial charge in [0.25, 0.3) is 0 Å². The van der Waals surface area contributed by atoms with E-state index in [0.717, 1.165) is 0 Å². The Bertz CT molecular complexity index is 451. The van der Waals surface area contributed by atoms with Gasteiger partial charge in [0.1, 0.15) is 36.6 Å². The van der Waals surface area contributed by atoms with Crippen molar-refractivity contribution in [1.29, 1.82) is 0 Å². The third-order valence-electron chi connectivity index (χ3n) is 4.54. The Hall–Kier alpha value is -0.850. The Morgan fingerprint density at radius 3 is 2.48 bits per heavy atom. The number of carbonyl (C=O) groups excluding carboxylic acids is 1. The second-order valence-electron chi connectivity index (χ2n) is 6.34. The van der Waals surface area contributed by atoms with E-state index in [1.54, 1.807) is 6.92 Å². The summed E-state index contributed by atoms with van der Waals surface area (Å²) in [4.78, 5) is 11.5. The first kappa shape index (κ1) is 20.5. The molecule has 10 heteroatoms. The Kier molecular flexibility index (Phi) is 7.11. The molecule has 2 fully saturated rings. The van der Waals surface area contributed by atoms with E-state index in [1.165, 1.54) is 14.0 Å². The van der Waals surface area contributed by atoms with Crippen LogP contribution in [0.2, 0.25) is 0 Å². The summed E-state index contributed by atoms with van der Waals surface area (Å²) >= 11 is 0. The number of methoxy groups -OCH3 is 1. The topological polar surface area (TPSA) is 147 Å². The molecule has 2 saturated heterocycles. The minimum atomic E-state index is -1.41. The van der Waals surface area contributed by atoms with Crippen molar-refractivity contribution >= 4 is 5.91 Å². The molecule has 0 aliphatic carbocycles. The van der Waals surface area contributed by atoms with Gasteiger partial charge in [-0.3, -0.25) is 4.79 Å². The predicted molar refractivity (Wildman–Crippen MR) is 82.5 cm³/mol. The zero-order chi connectivity index (χ0) is 18.7. The highest BCUT2D eigenvalue weighted by atomic mass is 16.7. The summed E-state index contributed by atoms with van der Waals surface area (Å²) in [6, 6.07) is -0.733. The Morgan fingerprint density at radius 1 is 1.24 bits per heavy atom. The lowest BCUT2D eigenvalue weighted by Gasteiger charge is -2.46. The smallest absolute Gasteiger partial charge is 0.217 e. The van der Waals surface area contributed by atoms with Gasteiger partial charge in [0, 0.05) is 14.0 Å². The molecule has 2 heterocycles. The average Bonchev–Trinajstić information content (AvgIpc) is 2.57. The molecule has 0 aromatic heterocycles. The molecule has 146 valence electrons. The summed E-state index contributed by atoms with van der Waals surface area (Å²) < 4.78 is 21.6. The molecule has 5 N–H and O–H groups in total. The van der Waals surface area contributed by atoms with Gasteiger partial charge in [0.2, 0.25) is 5.91 Å². The Labute approximate surface area is 145 Å². The molecule has 0 bridgehead atoms. The zero-order valence-corrected chi connectivity index (χ0v) is 14.4. The van der Waals surface area contributed by atoms with E-state index >= 15 is 0 Å². The van der Waals surface area contributed by atoms with Crippen molar-refractivity contribution < 1.29 is 44.2 Å². The van der Waals surface area contributed by atoms with E-state index in [9.17, 15) is 25.2 Å². The second-order valence-corrected chi connectivity index (χ2v) is 6.34. The SMILES string of the molecule is CO[C@@H]1CO[C@@H](O[C@@H]2C(NC(C)=O)[C@H](C)OC(CO)[C@H]2O)C(O)[C@H]1O. The summed E-state index contributed by atoms with van der Waals surface area (Å²) in [5, 5.41) is 42.6. The number of hydrogen-bond donors (Lipinski definition) is 5. The van der Waals surface area contributed by atoms with Crippen LogP contribution in [0.5, 0.6) is 0 Å². The van der Waals surface area contributed by atoms with Crippen LogP contribution in [0.1, 0.15) is 13.8 Å². The first-order valence-electron chi connectivity index (χ1n) is 8.17. The number of ether oxygens (including phenoxy) is 4. The van der Waals surface area contributed by atoms with Crippen molar-refractivity contribution in [3.63, 3.8) is 0 Å². The lowest BCUT2D eigenvalue weighted by Crippen LogP contribution is -2.66. The first-order valence-corrected chi connectivity index (χ1v) is 8.17. The molecule has 0 saturated carbocycles. The largest absolute Gasteiger partial charge is 0.394 e. The fraction of sp³-hybridized carbons (Fsp3) is 0.933. The second kappa shape index (κ2) is 8.69. The van der Waals surface area contributed by atoms with E-state index in [-0.39, 0.29) is 12.5 Å². The third-order valence-corrected chi connectivity index (χ3v) is 4.54. The fourth-order valence-corrected chi connectivity index (χ4v) is 3.13. The number of amides is 1. The summed E-state index contributed by atoms with van der Waals surface area (Å²) in [5.74, 6) is -0.353. The predicted octanol–water partition coefficient (Wildman–Crippen LogP) is -2.89. The van der Waals surface area contributed by atoms with Crippen LogP contribution in [0.3, 0.4) is 0 Å². The van der Waals surface area contributed by atoms with Crippen LogP contribution >= 0.6 is 0 Å². The van der Waals surface area contributed by atoms with Crippen LogP contribution in [0, 0.1) is 0 Å². The molecule has 2 aliphatic rings. The number of nitrogens with one attached hydrogen (secondary N) is 1. The monoisotopic (exact) mass is 365 g/mol. The lowest BCUT2D eigenvalue weighted by atomic mass is 9.93. The Balaban J connectivity index is 2.15. The van der Waals surface area contributed by atoms with Crippen LogP contribution in [0.4, 0.5) is 0 Å². The summed E-state index contributed by atoms with van der Waals surface area (Å²) in [7, 11) is 1.38. The minimum absolute atomic E-state index is 0.0114. The third kappa shape index (κ3) is 4.47. The molecule has 0 spiro atoms. The van der Waals surface area contributed by atoms with Gasteiger partial charge in [0.05, 0.1) is 25.4 Å². The van der Waals surface area contributed by atoms with Crippen molar-refractivity contribution in [2.24, 2.45) is 0 Å². The van der Waals surface area contributed by atoms with Crippen molar-refractivity contribution in [3.8, 4) is 0 Å². The molecule has 2 aliphatic heterocycles. The quantitative estimate of drug-likeness (QED) is 0.346. The Morgan fingerprint density at radius 2 is 1.92 bits per heavy atom. The van der Waals surface area contributed by atoms with E-state index in [2.05, 4.69) is 5.32 Å². The van der Waals surface area contributed by atoms with Crippen molar-refractivity contribution in [1.82, 2.24) is 5.32 Å². The normalized spacial score (nSPS) is 45.2. The van der Waals surface area contributed by atoms with E-state index < -0.39 is 61.7 Å². The number of aliphatic hydroxyl groups excluding tert-OH is 4. The van der Waals surface area contributed by atoms with Crippen molar-refractivity contribution in [2.75, 3.05) is 20.3 Å². The maximum absolute atomic E-state index is 11.5. The van der Waals surface area contributed by atoms with Gasteiger partial charge in [-0.25, -0.2) is 0 Å². The molecule has 1 amide bonds. The van der Waals surface area contributed by atoms with Crippen LogP contribution in [0.15, 0.2) is 0 Å². The minimum Gasteiger partial charge on any atom is -0.394 e. The average molecular weight is 365 g/mol.